The number of nitrogens with one attached hydrogen (secondary N) is 2. The second-order valence-corrected chi connectivity index (χ2v) is 8.61. The van der Waals surface area contributed by atoms with Crippen molar-refractivity contribution in [3.63, 3.8) is 0 Å². The Balaban J connectivity index is 1.38. The molecule has 2 amide bonds. The summed E-state index contributed by atoms with van der Waals surface area (Å²) in [5, 5.41) is 6.26. The third-order valence-corrected chi connectivity index (χ3v) is 5.69. The predicted octanol–water partition coefficient (Wildman–Crippen LogP) is 5.00. The normalized spacial score (nSPS) is 13.0. The second-order valence-electron chi connectivity index (χ2n) is 8.61. The van der Waals surface area contributed by atoms with E-state index in [1.165, 1.54) is 5.56 Å². The number of rotatable bonds is 5. The minimum atomic E-state index is -0.110. The maximum Gasteiger partial charge on any atom is 0.322 e. The van der Waals surface area contributed by atoms with E-state index in [2.05, 4.69) is 58.7 Å². The van der Waals surface area contributed by atoms with Gasteiger partial charge in [-0.1, -0.05) is 26.0 Å². The third-order valence-electron chi connectivity index (χ3n) is 5.69. The van der Waals surface area contributed by atoms with Crippen molar-refractivity contribution in [3.05, 3.63) is 71.5 Å². The van der Waals surface area contributed by atoms with E-state index < -0.39 is 0 Å². The zero-order valence-corrected chi connectivity index (χ0v) is 19.1. The highest BCUT2D eigenvalue weighted by Crippen LogP contribution is 2.23. The molecule has 7 heteroatoms. The van der Waals surface area contributed by atoms with Crippen LogP contribution in [0.4, 0.5) is 27.8 Å². The van der Waals surface area contributed by atoms with E-state index in [0.29, 0.717) is 31.4 Å². The van der Waals surface area contributed by atoms with E-state index in [4.69, 9.17) is 0 Å². The largest absolute Gasteiger partial charge is 0.378 e. The van der Waals surface area contributed by atoms with Crippen LogP contribution >= 0.6 is 0 Å². The van der Waals surface area contributed by atoms with E-state index >= 15 is 0 Å². The highest BCUT2D eigenvalue weighted by atomic mass is 16.2. The molecule has 2 heterocycles. The monoisotopic (exact) mass is 430 g/mol. The van der Waals surface area contributed by atoms with E-state index in [0.717, 1.165) is 28.3 Å². The van der Waals surface area contributed by atoms with Gasteiger partial charge in [0.15, 0.2) is 0 Å². The van der Waals surface area contributed by atoms with E-state index in [9.17, 15) is 4.79 Å². The maximum atomic E-state index is 12.7. The summed E-state index contributed by atoms with van der Waals surface area (Å²) in [4.78, 5) is 25.7. The molecule has 1 aliphatic rings. The van der Waals surface area contributed by atoms with Gasteiger partial charge < -0.3 is 20.4 Å². The van der Waals surface area contributed by atoms with Crippen molar-refractivity contribution >= 4 is 29.0 Å². The molecule has 0 spiro atoms. The van der Waals surface area contributed by atoms with Crippen LogP contribution in [0, 0.1) is 0 Å². The van der Waals surface area contributed by atoms with Gasteiger partial charge in [0, 0.05) is 55.9 Å². The van der Waals surface area contributed by atoms with Crippen LogP contribution in [0.15, 0.2) is 54.7 Å². The molecule has 0 radical (unpaired) electrons. The number of nitrogens with zero attached hydrogens (tertiary/aromatic N) is 4. The van der Waals surface area contributed by atoms with Gasteiger partial charge in [-0.25, -0.2) is 14.8 Å². The summed E-state index contributed by atoms with van der Waals surface area (Å²) in [5.74, 6) is 1.08. The molecule has 7 nitrogen and oxygen atoms in total. The average Bonchev–Trinajstić information content (AvgIpc) is 2.79. The van der Waals surface area contributed by atoms with Crippen molar-refractivity contribution in [2.75, 3.05) is 36.2 Å². The summed E-state index contributed by atoms with van der Waals surface area (Å²) in [5.41, 5.74) is 6.11. The number of hydrogen-bond donors (Lipinski definition) is 2. The first-order valence-electron chi connectivity index (χ1n) is 10.9. The molecule has 0 aliphatic carbocycles. The van der Waals surface area contributed by atoms with Crippen LogP contribution in [-0.4, -0.2) is 41.5 Å². The molecule has 0 unspecified atom stereocenters. The quantitative estimate of drug-likeness (QED) is 0.596. The van der Waals surface area contributed by atoms with Gasteiger partial charge in [0.1, 0.15) is 0 Å². The first-order chi connectivity index (χ1) is 15.4. The number of anilines is 4. The summed E-state index contributed by atoms with van der Waals surface area (Å²) < 4.78 is 0. The van der Waals surface area contributed by atoms with Gasteiger partial charge in [-0.3, -0.25) is 0 Å². The maximum absolute atomic E-state index is 12.7. The smallest absolute Gasteiger partial charge is 0.322 e. The fourth-order valence-corrected chi connectivity index (χ4v) is 3.68. The second kappa shape index (κ2) is 9.26. The number of fused-ring (bicyclic) bond motifs is 1. The number of aromatic nitrogens is 2. The number of urea groups is 1. The fourth-order valence-electron chi connectivity index (χ4n) is 3.68. The lowest BCUT2D eigenvalue weighted by molar-refractivity contribution is 0.206. The van der Waals surface area contributed by atoms with Gasteiger partial charge in [0.05, 0.1) is 12.2 Å². The van der Waals surface area contributed by atoms with Crippen LogP contribution in [-0.2, 0) is 13.0 Å². The molecule has 32 heavy (non-hydrogen) atoms. The van der Waals surface area contributed by atoms with E-state index in [1.54, 1.807) is 4.90 Å². The number of hydrogen-bond acceptors (Lipinski definition) is 5. The zero-order valence-electron chi connectivity index (χ0n) is 19.1. The molecule has 0 fully saturated rings. The molecule has 0 atom stereocenters. The lowest BCUT2D eigenvalue weighted by atomic mass is 10.0. The third kappa shape index (κ3) is 4.99. The Morgan fingerprint density at radius 2 is 1.72 bits per heavy atom. The van der Waals surface area contributed by atoms with Gasteiger partial charge in [-0.2, -0.15) is 0 Å². The Kier molecular flexibility index (Phi) is 6.25. The van der Waals surface area contributed by atoms with Crippen molar-refractivity contribution in [1.29, 1.82) is 0 Å². The Labute approximate surface area is 189 Å². The van der Waals surface area contributed by atoms with Crippen molar-refractivity contribution in [1.82, 2.24) is 14.9 Å². The zero-order chi connectivity index (χ0) is 22.7. The van der Waals surface area contributed by atoms with Gasteiger partial charge in [-0.05, 0) is 47.9 Å². The molecule has 0 bridgehead atoms. The number of carbonyl (C=O) groups is 1. The summed E-state index contributed by atoms with van der Waals surface area (Å²) in [7, 11) is 3.98. The molecule has 1 aliphatic heterocycles. The Bertz CT molecular complexity index is 1080. The van der Waals surface area contributed by atoms with Crippen molar-refractivity contribution in [2.45, 2.75) is 32.7 Å². The topological polar surface area (TPSA) is 73.4 Å². The average molecular weight is 431 g/mol. The summed E-state index contributed by atoms with van der Waals surface area (Å²) >= 11 is 0. The number of benzene rings is 2. The summed E-state index contributed by atoms with van der Waals surface area (Å²) in [6.45, 7) is 5.48. The highest BCUT2D eigenvalue weighted by molar-refractivity contribution is 5.89. The Morgan fingerprint density at radius 3 is 2.38 bits per heavy atom. The molecule has 0 saturated carbocycles. The Hall–Kier alpha value is -3.61. The lowest BCUT2D eigenvalue weighted by Gasteiger charge is -2.28. The van der Waals surface area contributed by atoms with Crippen LogP contribution in [0.1, 0.15) is 36.6 Å². The van der Waals surface area contributed by atoms with Crippen LogP contribution in [0.3, 0.4) is 0 Å². The first-order valence-corrected chi connectivity index (χ1v) is 10.9. The van der Waals surface area contributed by atoms with E-state index in [1.807, 2.05) is 49.5 Å². The fraction of sp³-hybridized carbons (Fsp3) is 0.320. The van der Waals surface area contributed by atoms with Gasteiger partial charge in [-0.15, -0.1) is 0 Å². The molecule has 166 valence electrons. The van der Waals surface area contributed by atoms with Crippen molar-refractivity contribution < 1.29 is 4.79 Å². The molecule has 3 aromatic rings. The molecule has 0 saturated heterocycles. The predicted molar refractivity (Wildman–Crippen MR) is 130 cm³/mol. The molecular formula is C25H30N6O. The number of carbonyl (C=O) groups excluding carboxylic acids is 1. The molecule has 4 rings (SSSR count). The minimum absolute atomic E-state index is 0.110. The molecule has 1 aromatic heterocycles. The standard InChI is InChI=1S/C25H30N6O/c1-17(2)18-5-7-20(8-6-18)27-24-26-15-19-16-31(14-13-23(19)29-24)25(32)28-21-9-11-22(12-10-21)30(3)4/h5-12,15,17H,13-14,16H2,1-4H3,(H,28,32)(H,26,27,29). The minimum Gasteiger partial charge on any atom is -0.378 e. The lowest BCUT2D eigenvalue weighted by Crippen LogP contribution is -2.39. The molecule has 2 aromatic carbocycles. The highest BCUT2D eigenvalue weighted by Gasteiger charge is 2.22. The van der Waals surface area contributed by atoms with Gasteiger partial charge in [0.2, 0.25) is 5.95 Å². The Morgan fingerprint density at radius 1 is 1.03 bits per heavy atom. The number of amides is 2. The molecule has 2 N–H and O–H groups in total. The first kappa shape index (κ1) is 21.6. The summed E-state index contributed by atoms with van der Waals surface area (Å²) in [6.07, 6.45) is 2.52. The molecular weight excluding hydrogens is 400 g/mol. The summed E-state index contributed by atoms with van der Waals surface area (Å²) in [6, 6.07) is 16.0. The SMILES string of the molecule is CC(C)c1ccc(Nc2ncc3c(n2)CCN(C(=O)Nc2ccc(N(C)C)cc2)C3)cc1. The van der Waals surface area contributed by atoms with Gasteiger partial charge >= 0.3 is 6.03 Å². The van der Waals surface area contributed by atoms with Crippen LogP contribution < -0.4 is 15.5 Å². The van der Waals surface area contributed by atoms with Crippen molar-refractivity contribution in [2.24, 2.45) is 0 Å². The van der Waals surface area contributed by atoms with Crippen LogP contribution in [0.25, 0.3) is 0 Å². The van der Waals surface area contributed by atoms with Crippen LogP contribution in [0.5, 0.6) is 0 Å². The van der Waals surface area contributed by atoms with Crippen molar-refractivity contribution in [3.8, 4) is 0 Å². The van der Waals surface area contributed by atoms with E-state index in [-0.39, 0.29) is 6.03 Å². The van der Waals surface area contributed by atoms with Gasteiger partial charge in [0.25, 0.3) is 0 Å². The van der Waals surface area contributed by atoms with Crippen LogP contribution in [0.2, 0.25) is 0 Å².